The summed E-state index contributed by atoms with van der Waals surface area (Å²) in [4.78, 5) is 34.6. The van der Waals surface area contributed by atoms with E-state index in [0.717, 1.165) is 12.1 Å². The van der Waals surface area contributed by atoms with Gasteiger partial charge in [-0.1, -0.05) is 12.1 Å². The molecule has 1 fully saturated rings. The van der Waals surface area contributed by atoms with Crippen LogP contribution >= 0.6 is 0 Å². The number of piperazine rings is 1. The average Bonchev–Trinajstić information content (AvgIpc) is 2.79. The fourth-order valence-electron chi connectivity index (χ4n) is 3.31. The summed E-state index contributed by atoms with van der Waals surface area (Å²) in [6.07, 6.45) is 0.0984. The van der Waals surface area contributed by atoms with E-state index in [0.29, 0.717) is 5.69 Å². The number of anilines is 1. The number of non-ortho nitro benzene ring substituents is 1. The Bertz CT molecular complexity index is 1110. The highest BCUT2D eigenvalue weighted by Gasteiger charge is 2.30. The van der Waals surface area contributed by atoms with E-state index in [1.807, 2.05) is 0 Å². The Morgan fingerprint density at radius 1 is 0.938 bits per heavy atom. The highest BCUT2D eigenvalue weighted by atomic mass is 32.2. The molecule has 1 heterocycles. The monoisotopic (exact) mass is 463 g/mol. The molecular weight excluding hydrogens is 442 g/mol. The number of rotatable bonds is 8. The van der Waals surface area contributed by atoms with Crippen LogP contribution in [0.15, 0.2) is 53.4 Å². The third-order valence-corrected chi connectivity index (χ3v) is 6.94. The first kappa shape index (κ1) is 23.1. The van der Waals surface area contributed by atoms with Crippen molar-refractivity contribution in [2.24, 2.45) is 0 Å². The van der Waals surface area contributed by atoms with Gasteiger partial charge in [-0.15, -0.1) is 0 Å². The third kappa shape index (κ3) is 5.18. The predicted molar refractivity (Wildman–Crippen MR) is 115 cm³/mol. The van der Waals surface area contributed by atoms with Crippen molar-refractivity contribution in [3.05, 3.63) is 68.8 Å². The molecule has 170 valence electrons. The van der Waals surface area contributed by atoms with E-state index in [-0.39, 0.29) is 61.3 Å². The molecule has 32 heavy (non-hydrogen) atoms. The maximum atomic E-state index is 12.7. The molecule has 0 aliphatic carbocycles. The number of hydrogen-bond acceptors (Lipinski definition) is 8. The molecule has 1 amide bonds. The molecule has 0 unspecified atom stereocenters. The number of sulfonamides is 1. The Morgan fingerprint density at radius 2 is 1.56 bits per heavy atom. The minimum Gasteiger partial charge on any atom is -0.379 e. The van der Waals surface area contributed by atoms with Crippen molar-refractivity contribution in [2.75, 3.05) is 38.0 Å². The van der Waals surface area contributed by atoms with E-state index >= 15 is 0 Å². The van der Waals surface area contributed by atoms with Crippen LogP contribution < -0.4 is 5.32 Å². The lowest BCUT2D eigenvalue weighted by Gasteiger charge is -2.34. The summed E-state index contributed by atoms with van der Waals surface area (Å²) in [6, 6.07) is 10.8. The number of carbonyl (C=O) groups excluding carboxylic acids is 1. The summed E-state index contributed by atoms with van der Waals surface area (Å²) in [7, 11) is -3.82. The molecule has 0 saturated carbocycles. The molecule has 1 aliphatic heterocycles. The van der Waals surface area contributed by atoms with E-state index in [1.54, 1.807) is 23.1 Å². The van der Waals surface area contributed by atoms with Crippen LogP contribution in [0.3, 0.4) is 0 Å². The quantitative estimate of drug-likeness (QED) is 0.459. The van der Waals surface area contributed by atoms with Crippen LogP contribution in [0.1, 0.15) is 6.42 Å². The molecule has 0 radical (unpaired) electrons. The van der Waals surface area contributed by atoms with Crippen molar-refractivity contribution < 1.29 is 23.1 Å². The van der Waals surface area contributed by atoms with Crippen molar-refractivity contribution in [3.63, 3.8) is 0 Å². The number of nitro benzene ring substituents is 2. The van der Waals surface area contributed by atoms with Crippen molar-refractivity contribution in [3.8, 4) is 0 Å². The molecule has 1 aliphatic rings. The van der Waals surface area contributed by atoms with Crippen LogP contribution in [-0.2, 0) is 14.8 Å². The second-order valence-corrected chi connectivity index (χ2v) is 8.92. The minimum atomic E-state index is -3.82. The third-order valence-electron chi connectivity index (χ3n) is 5.03. The van der Waals surface area contributed by atoms with Gasteiger partial charge < -0.3 is 10.2 Å². The van der Waals surface area contributed by atoms with E-state index in [2.05, 4.69) is 5.32 Å². The fourth-order valence-corrected chi connectivity index (χ4v) is 4.73. The molecular formula is C19H21N5O7S. The standard InChI is InChI=1S/C19H21N5O7S/c25-19(9-10-20-17-3-1-2-4-18(17)24(28)29)21-11-13-22(14-12-21)32(30,31)16-7-5-15(6-8-16)23(26)27/h1-8,20H,9-14H2. The molecule has 0 aromatic heterocycles. The van der Waals surface area contributed by atoms with E-state index in [9.17, 15) is 33.4 Å². The van der Waals surface area contributed by atoms with Crippen molar-refractivity contribution >= 4 is 33.0 Å². The maximum absolute atomic E-state index is 12.7. The normalized spacial score (nSPS) is 14.7. The highest BCUT2D eigenvalue weighted by Crippen LogP contribution is 2.23. The van der Waals surface area contributed by atoms with Crippen molar-refractivity contribution in [1.29, 1.82) is 0 Å². The zero-order valence-corrected chi connectivity index (χ0v) is 17.7. The summed E-state index contributed by atoms with van der Waals surface area (Å²) in [6.45, 7) is 0.809. The van der Waals surface area contributed by atoms with Crippen LogP contribution in [0.4, 0.5) is 17.1 Å². The van der Waals surface area contributed by atoms with Gasteiger partial charge in [-0.3, -0.25) is 25.0 Å². The number of amides is 1. The smallest absolute Gasteiger partial charge is 0.292 e. The van der Waals surface area contributed by atoms with Crippen LogP contribution in [-0.4, -0.2) is 66.1 Å². The Labute approximate surface area is 183 Å². The summed E-state index contributed by atoms with van der Waals surface area (Å²) in [5, 5.41) is 24.7. The lowest BCUT2D eigenvalue weighted by atomic mass is 10.2. The van der Waals surface area contributed by atoms with Gasteiger partial charge in [0.25, 0.3) is 11.4 Å². The molecule has 0 spiro atoms. The van der Waals surface area contributed by atoms with Crippen LogP contribution in [0.25, 0.3) is 0 Å². The van der Waals surface area contributed by atoms with E-state index in [4.69, 9.17) is 0 Å². The second-order valence-electron chi connectivity index (χ2n) is 6.99. The summed E-state index contributed by atoms with van der Waals surface area (Å²) in [5.41, 5.74) is 0.0446. The number of para-hydroxylation sites is 2. The van der Waals surface area contributed by atoms with E-state index in [1.165, 1.54) is 22.5 Å². The van der Waals surface area contributed by atoms with Gasteiger partial charge >= 0.3 is 0 Å². The van der Waals surface area contributed by atoms with Crippen LogP contribution in [0.5, 0.6) is 0 Å². The lowest BCUT2D eigenvalue weighted by molar-refractivity contribution is -0.384. The number of benzene rings is 2. The predicted octanol–water partition coefficient (Wildman–Crippen LogP) is 1.84. The first-order valence-electron chi connectivity index (χ1n) is 9.70. The van der Waals surface area contributed by atoms with Crippen LogP contribution in [0.2, 0.25) is 0 Å². The number of nitrogens with zero attached hydrogens (tertiary/aromatic N) is 4. The van der Waals surface area contributed by atoms with Gasteiger partial charge in [0.15, 0.2) is 0 Å². The number of nitrogens with one attached hydrogen (secondary N) is 1. The fraction of sp³-hybridized carbons (Fsp3) is 0.316. The van der Waals surface area contributed by atoms with Gasteiger partial charge in [-0.25, -0.2) is 8.42 Å². The molecule has 2 aromatic carbocycles. The highest BCUT2D eigenvalue weighted by molar-refractivity contribution is 7.89. The van der Waals surface area contributed by atoms with Gasteiger partial charge in [0.1, 0.15) is 5.69 Å². The molecule has 13 heteroatoms. The Morgan fingerprint density at radius 3 is 2.16 bits per heavy atom. The summed E-state index contributed by atoms with van der Waals surface area (Å²) >= 11 is 0. The Balaban J connectivity index is 1.52. The lowest BCUT2D eigenvalue weighted by Crippen LogP contribution is -2.50. The molecule has 1 N–H and O–H groups in total. The Hall–Kier alpha value is -3.58. The largest absolute Gasteiger partial charge is 0.379 e. The SMILES string of the molecule is O=C(CCNc1ccccc1[N+](=O)[O-])N1CCN(S(=O)(=O)c2ccc([N+](=O)[O-])cc2)CC1. The van der Waals surface area contributed by atoms with Crippen molar-refractivity contribution in [1.82, 2.24) is 9.21 Å². The molecule has 12 nitrogen and oxygen atoms in total. The zero-order chi connectivity index (χ0) is 23.3. The van der Waals surface area contributed by atoms with Crippen LogP contribution in [0, 0.1) is 20.2 Å². The topological polar surface area (TPSA) is 156 Å². The van der Waals surface area contributed by atoms with E-state index < -0.39 is 19.9 Å². The maximum Gasteiger partial charge on any atom is 0.292 e. The van der Waals surface area contributed by atoms with Gasteiger partial charge in [0.05, 0.1) is 14.7 Å². The number of nitro groups is 2. The zero-order valence-electron chi connectivity index (χ0n) is 16.9. The molecule has 0 atom stereocenters. The van der Waals surface area contributed by atoms with Gasteiger partial charge in [0, 0.05) is 57.3 Å². The molecule has 0 bridgehead atoms. The first-order valence-corrected chi connectivity index (χ1v) is 11.1. The Kier molecular flexibility index (Phi) is 7.00. The number of hydrogen-bond donors (Lipinski definition) is 1. The van der Waals surface area contributed by atoms with Gasteiger partial charge in [-0.2, -0.15) is 4.31 Å². The van der Waals surface area contributed by atoms with Gasteiger partial charge in [-0.05, 0) is 18.2 Å². The number of carbonyl (C=O) groups is 1. The first-order chi connectivity index (χ1) is 15.2. The summed E-state index contributed by atoms with van der Waals surface area (Å²) in [5.74, 6) is -0.191. The minimum absolute atomic E-state index is 0.0449. The van der Waals surface area contributed by atoms with Crippen molar-refractivity contribution in [2.45, 2.75) is 11.3 Å². The summed E-state index contributed by atoms with van der Waals surface area (Å²) < 4.78 is 26.7. The molecule has 1 saturated heterocycles. The second kappa shape index (κ2) is 9.70. The molecule has 3 rings (SSSR count). The average molecular weight is 463 g/mol. The van der Waals surface area contributed by atoms with Gasteiger partial charge in [0.2, 0.25) is 15.9 Å². The molecule has 2 aromatic rings.